The summed E-state index contributed by atoms with van der Waals surface area (Å²) in [5, 5.41) is 5.43. The molecule has 0 radical (unpaired) electrons. The van der Waals surface area contributed by atoms with Crippen LogP contribution >= 0.6 is 11.3 Å². The van der Waals surface area contributed by atoms with E-state index >= 15 is 0 Å². The maximum atomic E-state index is 13.1. The number of anilines is 2. The molecule has 7 heteroatoms. The van der Waals surface area contributed by atoms with E-state index in [0.29, 0.717) is 17.3 Å². The fourth-order valence-electron chi connectivity index (χ4n) is 1.59. The first-order chi connectivity index (χ1) is 9.72. The van der Waals surface area contributed by atoms with Crippen molar-refractivity contribution < 1.29 is 8.78 Å². The van der Waals surface area contributed by atoms with Gasteiger partial charge in [-0.3, -0.25) is 0 Å². The van der Waals surface area contributed by atoms with E-state index in [0.717, 1.165) is 17.1 Å². The monoisotopic (exact) mass is 290 g/mol. The predicted molar refractivity (Wildman–Crippen MR) is 72.8 cm³/mol. The largest absolute Gasteiger partial charge is 0.324 e. The molecule has 0 aliphatic heterocycles. The van der Waals surface area contributed by atoms with E-state index in [9.17, 15) is 8.78 Å². The Morgan fingerprint density at radius 1 is 1.00 bits per heavy atom. The van der Waals surface area contributed by atoms with Gasteiger partial charge in [0.25, 0.3) is 0 Å². The zero-order valence-corrected chi connectivity index (χ0v) is 10.9. The molecule has 0 saturated carbocycles. The van der Waals surface area contributed by atoms with Crippen LogP contribution in [0.3, 0.4) is 0 Å². The topological polar surface area (TPSA) is 50.7 Å². The maximum absolute atomic E-state index is 13.1. The average Bonchev–Trinajstić information content (AvgIpc) is 2.97. The van der Waals surface area contributed by atoms with Crippen molar-refractivity contribution in [1.29, 1.82) is 0 Å². The van der Waals surface area contributed by atoms with Crippen molar-refractivity contribution in [3.8, 4) is 10.7 Å². The molecule has 1 aromatic carbocycles. The van der Waals surface area contributed by atoms with Crippen LogP contribution in [0.1, 0.15) is 0 Å². The second-order valence-electron chi connectivity index (χ2n) is 3.86. The molecule has 100 valence electrons. The molecule has 0 saturated heterocycles. The smallest absolute Gasteiger partial charge is 0.227 e. The van der Waals surface area contributed by atoms with Gasteiger partial charge in [-0.25, -0.2) is 23.7 Å². The Labute approximate surface area is 117 Å². The first kappa shape index (κ1) is 12.6. The van der Waals surface area contributed by atoms with Gasteiger partial charge in [-0.1, -0.05) is 0 Å². The number of benzene rings is 1. The second kappa shape index (κ2) is 5.30. The van der Waals surface area contributed by atoms with E-state index in [4.69, 9.17) is 0 Å². The van der Waals surface area contributed by atoms with Crippen molar-refractivity contribution in [3.63, 3.8) is 0 Å². The van der Waals surface area contributed by atoms with Crippen LogP contribution in [0, 0.1) is 11.6 Å². The molecule has 0 fully saturated rings. The van der Waals surface area contributed by atoms with E-state index in [1.165, 1.54) is 17.4 Å². The van der Waals surface area contributed by atoms with Crippen molar-refractivity contribution in [2.75, 3.05) is 5.32 Å². The summed E-state index contributed by atoms with van der Waals surface area (Å²) >= 11 is 1.46. The minimum Gasteiger partial charge on any atom is -0.324 e. The molecule has 0 unspecified atom stereocenters. The Kier molecular flexibility index (Phi) is 3.34. The van der Waals surface area contributed by atoms with Crippen molar-refractivity contribution in [2.45, 2.75) is 0 Å². The Balaban J connectivity index is 1.87. The first-order valence-electron chi connectivity index (χ1n) is 5.67. The summed E-state index contributed by atoms with van der Waals surface area (Å²) in [6, 6.07) is 5.24. The van der Waals surface area contributed by atoms with Crippen LogP contribution in [0.15, 0.2) is 42.0 Å². The summed E-state index contributed by atoms with van der Waals surface area (Å²) in [4.78, 5) is 12.5. The molecule has 0 bridgehead atoms. The Bertz CT molecular complexity index is 731. The molecular weight excluding hydrogens is 282 g/mol. The molecule has 2 heterocycles. The highest BCUT2D eigenvalue weighted by atomic mass is 32.1. The number of rotatable bonds is 3. The van der Waals surface area contributed by atoms with Gasteiger partial charge in [-0.15, -0.1) is 11.3 Å². The highest BCUT2D eigenvalue weighted by Gasteiger charge is 2.06. The number of halogens is 2. The third kappa shape index (κ3) is 2.62. The van der Waals surface area contributed by atoms with Gasteiger partial charge in [-0.2, -0.15) is 0 Å². The standard InChI is InChI=1S/C13H8F2N4S/c14-9-2-1-8(7-10(9)15)18-13-17-4-3-11(19-13)12-16-5-6-20-12/h1-7H,(H,17,18,19). The van der Waals surface area contributed by atoms with E-state index in [1.54, 1.807) is 18.5 Å². The predicted octanol–water partition coefficient (Wildman–Crippen LogP) is 3.62. The molecule has 3 aromatic rings. The third-order valence-corrected chi connectivity index (χ3v) is 3.28. The lowest BCUT2D eigenvalue weighted by atomic mass is 10.3. The first-order valence-corrected chi connectivity index (χ1v) is 6.55. The molecule has 1 N–H and O–H groups in total. The Morgan fingerprint density at radius 3 is 2.65 bits per heavy atom. The van der Waals surface area contributed by atoms with Gasteiger partial charge in [0.05, 0.1) is 0 Å². The van der Waals surface area contributed by atoms with Gasteiger partial charge in [-0.05, 0) is 18.2 Å². The van der Waals surface area contributed by atoms with Crippen LogP contribution in [-0.4, -0.2) is 15.0 Å². The van der Waals surface area contributed by atoms with Crippen molar-refractivity contribution in [1.82, 2.24) is 15.0 Å². The number of thiazole rings is 1. The summed E-state index contributed by atoms with van der Waals surface area (Å²) in [5.74, 6) is -1.53. The van der Waals surface area contributed by atoms with Crippen molar-refractivity contribution in [3.05, 3.63) is 53.7 Å². The number of nitrogens with zero attached hydrogens (tertiary/aromatic N) is 3. The van der Waals surface area contributed by atoms with Crippen LogP contribution in [0.2, 0.25) is 0 Å². The van der Waals surface area contributed by atoms with Crippen LogP contribution in [0.5, 0.6) is 0 Å². The minimum absolute atomic E-state index is 0.295. The fourth-order valence-corrected chi connectivity index (χ4v) is 2.20. The molecule has 4 nitrogen and oxygen atoms in total. The number of aromatic nitrogens is 3. The van der Waals surface area contributed by atoms with Gasteiger partial charge in [0, 0.05) is 29.5 Å². The normalized spacial score (nSPS) is 10.5. The lowest BCUT2D eigenvalue weighted by molar-refractivity contribution is 0.509. The molecule has 2 aromatic heterocycles. The Morgan fingerprint density at radius 2 is 1.90 bits per heavy atom. The number of nitrogens with one attached hydrogen (secondary N) is 1. The summed E-state index contributed by atoms with van der Waals surface area (Å²) in [5.41, 5.74) is 1.04. The van der Waals surface area contributed by atoms with Gasteiger partial charge in [0.15, 0.2) is 11.6 Å². The van der Waals surface area contributed by atoms with Crippen molar-refractivity contribution >= 4 is 23.0 Å². The van der Waals surface area contributed by atoms with Crippen LogP contribution in [0.4, 0.5) is 20.4 Å². The molecule has 3 rings (SSSR count). The average molecular weight is 290 g/mol. The summed E-state index contributed by atoms with van der Waals surface area (Å²) < 4.78 is 26.0. The highest BCUT2D eigenvalue weighted by molar-refractivity contribution is 7.13. The zero-order chi connectivity index (χ0) is 13.9. The van der Waals surface area contributed by atoms with Gasteiger partial charge in [0.1, 0.15) is 10.7 Å². The molecule has 0 aliphatic carbocycles. The quantitative estimate of drug-likeness (QED) is 0.800. The maximum Gasteiger partial charge on any atom is 0.227 e. The molecule has 0 spiro atoms. The SMILES string of the molecule is Fc1ccc(Nc2nccc(-c3nccs3)n2)cc1F. The second-order valence-corrected chi connectivity index (χ2v) is 4.75. The molecule has 0 aliphatic rings. The molecule has 0 amide bonds. The van der Waals surface area contributed by atoms with E-state index in [2.05, 4.69) is 20.3 Å². The number of hydrogen-bond donors (Lipinski definition) is 1. The van der Waals surface area contributed by atoms with Gasteiger partial charge in [0.2, 0.25) is 5.95 Å². The number of hydrogen-bond acceptors (Lipinski definition) is 5. The summed E-state index contributed by atoms with van der Waals surface area (Å²) in [6.45, 7) is 0. The molecular formula is C13H8F2N4S. The summed E-state index contributed by atoms with van der Waals surface area (Å²) in [6.07, 6.45) is 3.26. The zero-order valence-electron chi connectivity index (χ0n) is 10.0. The van der Waals surface area contributed by atoms with Gasteiger partial charge < -0.3 is 5.32 Å². The van der Waals surface area contributed by atoms with Crippen LogP contribution in [0.25, 0.3) is 10.7 Å². The highest BCUT2D eigenvalue weighted by Crippen LogP contribution is 2.21. The fraction of sp³-hybridized carbons (Fsp3) is 0. The Hall–Kier alpha value is -2.41. The molecule has 0 atom stereocenters. The minimum atomic E-state index is -0.925. The lowest BCUT2D eigenvalue weighted by Gasteiger charge is -2.05. The molecule has 20 heavy (non-hydrogen) atoms. The van der Waals surface area contributed by atoms with Crippen LogP contribution in [-0.2, 0) is 0 Å². The summed E-state index contributed by atoms with van der Waals surface area (Å²) in [7, 11) is 0. The van der Waals surface area contributed by atoms with Crippen molar-refractivity contribution in [2.24, 2.45) is 0 Å². The van der Waals surface area contributed by atoms with E-state index < -0.39 is 11.6 Å². The van der Waals surface area contributed by atoms with Gasteiger partial charge >= 0.3 is 0 Å². The van der Waals surface area contributed by atoms with E-state index in [-0.39, 0.29) is 0 Å². The van der Waals surface area contributed by atoms with E-state index in [1.807, 2.05) is 5.38 Å². The van der Waals surface area contributed by atoms with Crippen LogP contribution < -0.4 is 5.32 Å². The lowest BCUT2D eigenvalue weighted by Crippen LogP contribution is -1.98. The third-order valence-electron chi connectivity index (χ3n) is 2.48.